The maximum absolute atomic E-state index is 13.8. The summed E-state index contributed by atoms with van der Waals surface area (Å²) in [5, 5.41) is 14.0. The van der Waals surface area contributed by atoms with Gasteiger partial charge in [0.15, 0.2) is 5.54 Å². The summed E-state index contributed by atoms with van der Waals surface area (Å²) in [6.45, 7) is 3.21. The second kappa shape index (κ2) is 10.7. The average Bonchev–Trinajstić information content (AvgIpc) is 3.70. The lowest BCUT2D eigenvalue weighted by molar-refractivity contribution is -0.138. The van der Waals surface area contributed by atoms with Crippen LogP contribution in [0.3, 0.4) is 0 Å². The van der Waals surface area contributed by atoms with Crippen LogP contribution in [0.15, 0.2) is 65.9 Å². The number of carbonyl (C=O) groups excluding carboxylic acids is 3. The SMILES string of the molecule is COC(=O)N1CC2(C1)N=C(c1ccc(-c3ccc(-c4cnn(C)c4)cc3)cc1)N(C[C@@H]1CCN(C(=O)C(C)O)C1)C2=O. The van der Waals surface area contributed by atoms with Gasteiger partial charge in [0.05, 0.1) is 26.4 Å². The average molecular weight is 571 g/mol. The first-order valence-electron chi connectivity index (χ1n) is 14.1. The normalized spacial score (nSPS) is 20.1. The van der Waals surface area contributed by atoms with Crippen molar-refractivity contribution in [2.45, 2.75) is 25.0 Å². The zero-order valence-electron chi connectivity index (χ0n) is 23.9. The van der Waals surface area contributed by atoms with Gasteiger partial charge in [0.1, 0.15) is 11.9 Å². The minimum atomic E-state index is -1.05. The molecule has 42 heavy (non-hydrogen) atoms. The number of aliphatic imine (C=N–C) groups is 1. The number of hydrogen-bond donors (Lipinski definition) is 1. The van der Waals surface area contributed by atoms with Crippen molar-refractivity contribution in [2.75, 3.05) is 39.8 Å². The molecule has 3 aromatic rings. The number of hydrogen-bond acceptors (Lipinski definition) is 7. The van der Waals surface area contributed by atoms with Gasteiger partial charge in [-0.15, -0.1) is 0 Å². The highest BCUT2D eigenvalue weighted by Crippen LogP contribution is 2.36. The van der Waals surface area contributed by atoms with E-state index in [4.69, 9.17) is 9.73 Å². The standard InChI is InChI=1S/C31H34N6O5/c1-20(38)28(39)35-13-12-21(15-35)16-37-27(33-31(29(37)40)18-36(19-31)30(41)42-3)25-10-8-23(9-11-25)22-4-6-24(7-5-22)26-14-32-34(2)17-26/h4-11,14,17,20-21,38H,12-13,15-16,18-19H2,1-3H3/t20?,21-/m1/s1. The molecule has 3 aliphatic heterocycles. The third-order valence-electron chi connectivity index (χ3n) is 8.35. The van der Waals surface area contributed by atoms with Crippen molar-refractivity contribution in [1.29, 1.82) is 0 Å². The minimum absolute atomic E-state index is 0.0476. The molecule has 218 valence electrons. The molecule has 2 atom stereocenters. The fraction of sp³-hybridized carbons (Fsp3) is 0.387. The first-order valence-corrected chi connectivity index (χ1v) is 14.1. The number of amidine groups is 1. The Labute approximate surface area is 244 Å². The Hall–Kier alpha value is -4.51. The molecule has 1 N–H and O–H groups in total. The van der Waals surface area contributed by atoms with Crippen LogP contribution in [0.1, 0.15) is 18.9 Å². The van der Waals surface area contributed by atoms with Crippen LogP contribution in [0.2, 0.25) is 0 Å². The van der Waals surface area contributed by atoms with Crippen LogP contribution in [-0.4, -0.2) is 105 Å². The monoisotopic (exact) mass is 570 g/mol. The van der Waals surface area contributed by atoms with Crippen LogP contribution in [-0.2, 0) is 21.4 Å². The number of aliphatic hydroxyl groups is 1. The van der Waals surface area contributed by atoms with Crippen LogP contribution >= 0.6 is 0 Å². The van der Waals surface area contributed by atoms with E-state index >= 15 is 0 Å². The van der Waals surface area contributed by atoms with Crippen molar-refractivity contribution < 1.29 is 24.2 Å². The van der Waals surface area contributed by atoms with Gasteiger partial charge >= 0.3 is 6.09 Å². The Balaban J connectivity index is 1.23. The molecule has 3 aliphatic rings. The van der Waals surface area contributed by atoms with Gasteiger partial charge in [-0.05, 0) is 36.0 Å². The molecule has 2 fully saturated rings. The summed E-state index contributed by atoms with van der Waals surface area (Å²) in [6.07, 6.45) is 3.01. The molecule has 1 unspecified atom stereocenters. The molecule has 2 aromatic carbocycles. The number of nitrogens with zero attached hydrogens (tertiary/aromatic N) is 6. The largest absolute Gasteiger partial charge is 0.453 e. The van der Waals surface area contributed by atoms with Crippen LogP contribution in [0.4, 0.5) is 4.79 Å². The number of aryl methyl sites for hydroxylation is 1. The van der Waals surface area contributed by atoms with E-state index in [9.17, 15) is 19.5 Å². The van der Waals surface area contributed by atoms with Gasteiger partial charge in [-0.1, -0.05) is 48.5 Å². The molecular formula is C31H34N6O5. The van der Waals surface area contributed by atoms with Crippen molar-refractivity contribution in [1.82, 2.24) is 24.5 Å². The second-order valence-electron chi connectivity index (χ2n) is 11.4. The summed E-state index contributed by atoms with van der Waals surface area (Å²) in [5.74, 6) is 0.176. The third kappa shape index (κ3) is 4.94. The Morgan fingerprint density at radius 2 is 1.60 bits per heavy atom. The molecule has 4 heterocycles. The summed E-state index contributed by atoms with van der Waals surface area (Å²) < 4.78 is 6.61. The Morgan fingerprint density at radius 1 is 1.00 bits per heavy atom. The fourth-order valence-corrected chi connectivity index (χ4v) is 6.04. The summed E-state index contributed by atoms with van der Waals surface area (Å²) >= 11 is 0. The molecule has 0 bridgehead atoms. The quantitative estimate of drug-likeness (QED) is 0.486. The fourth-order valence-electron chi connectivity index (χ4n) is 6.04. The zero-order valence-corrected chi connectivity index (χ0v) is 23.9. The van der Waals surface area contributed by atoms with Gasteiger partial charge in [-0.25, -0.2) is 9.79 Å². The molecule has 0 saturated carbocycles. The number of aliphatic hydroxyl groups excluding tert-OH is 1. The van der Waals surface area contributed by atoms with Crippen molar-refractivity contribution >= 4 is 23.7 Å². The molecule has 6 rings (SSSR count). The summed E-state index contributed by atoms with van der Waals surface area (Å²) in [5.41, 5.74) is 4.02. The maximum Gasteiger partial charge on any atom is 0.409 e. The number of aromatic nitrogens is 2. The van der Waals surface area contributed by atoms with Gasteiger partial charge in [0.2, 0.25) is 0 Å². The van der Waals surface area contributed by atoms with E-state index in [2.05, 4.69) is 29.4 Å². The van der Waals surface area contributed by atoms with Crippen LogP contribution < -0.4 is 0 Å². The number of methoxy groups -OCH3 is 1. The lowest BCUT2D eigenvalue weighted by Crippen LogP contribution is -2.66. The first-order chi connectivity index (χ1) is 20.2. The zero-order chi connectivity index (χ0) is 29.6. The van der Waals surface area contributed by atoms with Gasteiger partial charge in [-0.2, -0.15) is 5.10 Å². The van der Waals surface area contributed by atoms with Gasteiger partial charge < -0.3 is 19.6 Å². The predicted octanol–water partition coefficient (Wildman–Crippen LogP) is 2.39. The lowest BCUT2D eigenvalue weighted by atomic mass is 9.90. The molecular weight excluding hydrogens is 536 g/mol. The number of ether oxygens (including phenoxy) is 1. The summed E-state index contributed by atoms with van der Waals surface area (Å²) in [7, 11) is 3.21. The first kappa shape index (κ1) is 27.6. The van der Waals surface area contributed by atoms with Gasteiger partial charge in [-0.3, -0.25) is 19.2 Å². The number of rotatable bonds is 6. The number of benzene rings is 2. The van der Waals surface area contributed by atoms with Crippen molar-refractivity contribution in [3.05, 3.63) is 66.5 Å². The molecule has 0 radical (unpaired) electrons. The number of carbonyl (C=O) groups is 3. The molecule has 11 heteroatoms. The highest BCUT2D eigenvalue weighted by atomic mass is 16.5. The van der Waals surface area contributed by atoms with E-state index in [1.807, 2.05) is 43.7 Å². The van der Waals surface area contributed by atoms with Crippen LogP contribution in [0.5, 0.6) is 0 Å². The van der Waals surface area contributed by atoms with Gasteiger partial charge in [0.25, 0.3) is 11.8 Å². The van der Waals surface area contributed by atoms with E-state index in [0.29, 0.717) is 25.5 Å². The molecule has 1 aromatic heterocycles. The maximum atomic E-state index is 13.8. The molecule has 2 saturated heterocycles. The Morgan fingerprint density at radius 3 is 2.14 bits per heavy atom. The van der Waals surface area contributed by atoms with Crippen LogP contribution in [0, 0.1) is 5.92 Å². The molecule has 1 spiro atoms. The molecule has 11 nitrogen and oxygen atoms in total. The number of likely N-dealkylation sites (tertiary alicyclic amines) is 2. The van der Waals surface area contributed by atoms with E-state index in [1.165, 1.54) is 18.9 Å². The Bertz CT molecular complexity index is 1540. The summed E-state index contributed by atoms with van der Waals surface area (Å²) in [4.78, 5) is 47.9. The topological polar surface area (TPSA) is 121 Å². The van der Waals surface area contributed by atoms with Crippen molar-refractivity contribution in [3.63, 3.8) is 0 Å². The van der Waals surface area contributed by atoms with E-state index < -0.39 is 17.7 Å². The second-order valence-corrected chi connectivity index (χ2v) is 11.4. The predicted molar refractivity (Wildman–Crippen MR) is 155 cm³/mol. The minimum Gasteiger partial charge on any atom is -0.453 e. The molecule has 0 aliphatic carbocycles. The van der Waals surface area contributed by atoms with Crippen LogP contribution in [0.25, 0.3) is 22.3 Å². The molecule has 3 amide bonds. The summed E-state index contributed by atoms with van der Waals surface area (Å²) in [6, 6.07) is 16.3. The van der Waals surface area contributed by atoms with E-state index in [-0.39, 0.29) is 30.8 Å². The van der Waals surface area contributed by atoms with Crippen molar-refractivity contribution in [3.8, 4) is 22.3 Å². The third-order valence-corrected chi connectivity index (χ3v) is 8.35. The highest BCUT2D eigenvalue weighted by molar-refractivity contribution is 6.16. The van der Waals surface area contributed by atoms with E-state index in [1.54, 1.807) is 14.5 Å². The van der Waals surface area contributed by atoms with Gasteiger partial charge in [0, 0.05) is 44.0 Å². The van der Waals surface area contributed by atoms with Crippen molar-refractivity contribution in [2.24, 2.45) is 18.0 Å². The lowest BCUT2D eigenvalue weighted by Gasteiger charge is -2.43. The smallest absolute Gasteiger partial charge is 0.409 e. The number of amides is 3. The highest BCUT2D eigenvalue weighted by Gasteiger charge is 2.58. The Kier molecular flexibility index (Phi) is 7.05. The van der Waals surface area contributed by atoms with E-state index in [0.717, 1.165) is 34.2 Å².